The number of ketones is 1. The van der Waals surface area contributed by atoms with Crippen molar-refractivity contribution in [3.05, 3.63) is 94.1 Å². The van der Waals surface area contributed by atoms with Gasteiger partial charge in [-0.1, -0.05) is 6.07 Å². The Balaban J connectivity index is 0.000000168. The molecule has 1 aliphatic heterocycles. The number of rotatable bonds is 2. The number of benzene rings is 4. The summed E-state index contributed by atoms with van der Waals surface area (Å²) in [5.74, 6) is -2.74. The summed E-state index contributed by atoms with van der Waals surface area (Å²) in [6.45, 7) is 0. The van der Waals surface area contributed by atoms with E-state index in [-0.39, 0.29) is 62.4 Å². The molecular formula is C30H22O12. The van der Waals surface area contributed by atoms with Crippen LogP contribution in [0.1, 0.15) is 22.0 Å². The molecule has 0 bridgehead atoms. The van der Waals surface area contributed by atoms with Gasteiger partial charge in [0.25, 0.3) is 0 Å². The molecule has 4 aromatic carbocycles. The topological polar surface area (TPSA) is 218 Å². The fourth-order valence-electron chi connectivity index (χ4n) is 4.31. The molecule has 0 unspecified atom stereocenters. The Morgan fingerprint density at radius 3 is 1.98 bits per heavy atom. The second-order valence-electron chi connectivity index (χ2n) is 9.27. The first-order valence-electron chi connectivity index (χ1n) is 12.2. The minimum absolute atomic E-state index is 0.0646. The number of hydrogen-bond donors (Lipinski definition) is 8. The van der Waals surface area contributed by atoms with E-state index in [1.165, 1.54) is 66.7 Å². The number of phenols is 6. The number of fused-ring (bicyclic) bond motifs is 2. The normalized spacial score (nSPS) is 15.8. The summed E-state index contributed by atoms with van der Waals surface area (Å²) in [5.41, 5.74) is 0.170. The Morgan fingerprint density at radius 1 is 0.643 bits per heavy atom. The molecule has 0 spiro atoms. The number of carbonyl (C=O) groups excluding carboxylic acids is 1. The Morgan fingerprint density at radius 2 is 1.29 bits per heavy atom. The van der Waals surface area contributed by atoms with Crippen molar-refractivity contribution in [2.75, 3.05) is 0 Å². The van der Waals surface area contributed by atoms with Gasteiger partial charge in [0.05, 0.1) is 10.9 Å². The number of phenolic OH excluding ortho intramolecular Hbond substituents is 6. The average Bonchev–Trinajstić information content (AvgIpc) is 2.96. The van der Waals surface area contributed by atoms with E-state index in [0.29, 0.717) is 5.56 Å². The molecule has 0 fully saturated rings. The van der Waals surface area contributed by atoms with E-state index in [1.54, 1.807) is 0 Å². The van der Waals surface area contributed by atoms with Gasteiger partial charge in [-0.2, -0.15) is 0 Å². The van der Waals surface area contributed by atoms with Crippen molar-refractivity contribution in [2.24, 2.45) is 0 Å². The first-order valence-corrected chi connectivity index (χ1v) is 12.2. The smallest absolute Gasteiger partial charge is 0.235 e. The summed E-state index contributed by atoms with van der Waals surface area (Å²) in [4.78, 5) is 24.2. The van der Waals surface area contributed by atoms with Crippen molar-refractivity contribution < 1.29 is 54.8 Å². The van der Waals surface area contributed by atoms with Crippen LogP contribution in [0.3, 0.4) is 0 Å². The van der Waals surface area contributed by atoms with Crippen molar-refractivity contribution in [3.8, 4) is 57.3 Å². The van der Waals surface area contributed by atoms with Crippen molar-refractivity contribution in [1.82, 2.24) is 0 Å². The minimum atomic E-state index is -1.44. The molecule has 214 valence electrons. The molecule has 12 heteroatoms. The van der Waals surface area contributed by atoms with Gasteiger partial charge in [-0.05, 0) is 60.2 Å². The van der Waals surface area contributed by atoms with Gasteiger partial charge in [0.15, 0.2) is 46.7 Å². The highest BCUT2D eigenvalue weighted by Crippen LogP contribution is 2.39. The van der Waals surface area contributed by atoms with Gasteiger partial charge in [-0.15, -0.1) is 0 Å². The van der Waals surface area contributed by atoms with E-state index >= 15 is 0 Å². The van der Waals surface area contributed by atoms with Crippen LogP contribution in [0, 0.1) is 0 Å². The van der Waals surface area contributed by atoms with E-state index in [9.17, 15) is 50.4 Å². The molecule has 0 aliphatic carbocycles. The molecule has 0 radical (unpaired) electrons. The van der Waals surface area contributed by atoms with E-state index < -0.39 is 34.9 Å². The van der Waals surface area contributed by atoms with Gasteiger partial charge in [0, 0.05) is 17.7 Å². The van der Waals surface area contributed by atoms with Crippen LogP contribution < -0.4 is 10.2 Å². The van der Waals surface area contributed by atoms with Crippen LogP contribution in [0.5, 0.6) is 46.0 Å². The first-order chi connectivity index (χ1) is 19.9. The predicted molar refractivity (Wildman–Crippen MR) is 146 cm³/mol. The van der Waals surface area contributed by atoms with Gasteiger partial charge in [0.1, 0.15) is 22.8 Å². The summed E-state index contributed by atoms with van der Waals surface area (Å²) in [5, 5.41) is 76.6. The maximum absolute atomic E-state index is 12.1. The number of hydrogen-bond acceptors (Lipinski definition) is 12. The van der Waals surface area contributed by atoms with Crippen LogP contribution in [0.4, 0.5) is 0 Å². The minimum Gasteiger partial charge on any atom is -0.508 e. The monoisotopic (exact) mass is 574 g/mol. The van der Waals surface area contributed by atoms with Crippen molar-refractivity contribution in [2.45, 2.75) is 12.2 Å². The van der Waals surface area contributed by atoms with Crippen LogP contribution in [0.15, 0.2) is 82.0 Å². The lowest BCUT2D eigenvalue weighted by Crippen LogP contribution is -2.36. The molecule has 42 heavy (non-hydrogen) atoms. The lowest BCUT2D eigenvalue weighted by molar-refractivity contribution is 0.0215. The molecule has 0 saturated carbocycles. The molecule has 6 rings (SSSR count). The van der Waals surface area contributed by atoms with Crippen LogP contribution in [-0.4, -0.2) is 52.7 Å². The molecule has 2 heterocycles. The number of Topliss-reactive ketones (excluding diaryl/α,β-unsaturated/α-hetero) is 1. The third-order valence-electron chi connectivity index (χ3n) is 6.46. The summed E-state index contributed by atoms with van der Waals surface area (Å²) < 4.78 is 11.0. The number of carbonyl (C=O) groups is 1. The van der Waals surface area contributed by atoms with Gasteiger partial charge in [-0.3, -0.25) is 9.59 Å². The van der Waals surface area contributed by atoms with E-state index in [2.05, 4.69) is 0 Å². The highest BCUT2D eigenvalue weighted by atomic mass is 16.5. The molecule has 0 saturated heterocycles. The average molecular weight is 574 g/mol. The summed E-state index contributed by atoms with van der Waals surface area (Å²) in [6, 6.07) is 15.5. The van der Waals surface area contributed by atoms with Crippen LogP contribution >= 0.6 is 0 Å². The van der Waals surface area contributed by atoms with E-state index in [4.69, 9.17) is 9.15 Å². The third kappa shape index (κ3) is 5.05. The zero-order chi connectivity index (χ0) is 30.3. The molecule has 2 atom stereocenters. The zero-order valence-corrected chi connectivity index (χ0v) is 21.3. The molecule has 1 aliphatic rings. The third-order valence-corrected chi connectivity index (χ3v) is 6.46. The largest absolute Gasteiger partial charge is 0.508 e. The van der Waals surface area contributed by atoms with Crippen LogP contribution in [0.2, 0.25) is 0 Å². The SMILES string of the molecule is O=C1c2ccc(O)cc2O[C@H](c2ccc(O)c(O)c2)[C@H]1O.O=c1c(O)c(-c2ccc(O)c(O)c2)oc2cc(O)ccc12. The zero-order valence-electron chi connectivity index (χ0n) is 21.3. The van der Waals surface area contributed by atoms with Crippen LogP contribution in [-0.2, 0) is 0 Å². The van der Waals surface area contributed by atoms with Gasteiger partial charge >= 0.3 is 0 Å². The lowest BCUT2D eigenvalue weighted by Gasteiger charge is -2.29. The second kappa shape index (κ2) is 10.6. The first kappa shape index (κ1) is 27.7. The highest BCUT2D eigenvalue weighted by molar-refractivity contribution is 6.03. The van der Waals surface area contributed by atoms with Crippen LogP contribution in [0.25, 0.3) is 22.3 Å². The summed E-state index contributed by atoms with van der Waals surface area (Å²) in [6.07, 6.45) is -2.47. The number of aliphatic hydroxyl groups excluding tert-OH is 1. The van der Waals surface area contributed by atoms with Crippen molar-refractivity contribution in [1.29, 1.82) is 0 Å². The quantitative estimate of drug-likeness (QED) is 0.141. The predicted octanol–water partition coefficient (Wildman–Crippen LogP) is 3.76. The standard InChI is InChI=1S/C15H12O6.C15H10O6/c2*16-8-2-3-9-12(6-8)21-15(14(20)13(9)19)7-1-4-10(17)11(18)5-7/h1-6,14-18,20H;1-6,16-18,20H/t14-,15+;/m0./s1. The Labute approximate surface area is 235 Å². The fraction of sp³-hybridized carbons (Fsp3) is 0.0667. The van der Waals surface area contributed by atoms with Gasteiger partial charge in [0.2, 0.25) is 11.2 Å². The maximum atomic E-state index is 12.1. The number of aromatic hydroxyl groups is 7. The lowest BCUT2D eigenvalue weighted by atomic mass is 9.93. The second-order valence-corrected chi connectivity index (χ2v) is 9.27. The fourth-order valence-corrected chi connectivity index (χ4v) is 4.31. The Hall–Kier alpha value is -5.88. The molecular weight excluding hydrogens is 552 g/mol. The highest BCUT2D eigenvalue weighted by Gasteiger charge is 2.37. The molecule has 1 aromatic heterocycles. The maximum Gasteiger partial charge on any atom is 0.235 e. The summed E-state index contributed by atoms with van der Waals surface area (Å²) >= 11 is 0. The van der Waals surface area contributed by atoms with Crippen molar-refractivity contribution >= 4 is 16.8 Å². The van der Waals surface area contributed by atoms with E-state index in [1.807, 2.05) is 0 Å². The molecule has 8 N–H and O–H groups in total. The number of ether oxygens (including phenoxy) is 1. The Kier molecular flexibility index (Phi) is 6.98. The Bertz CT molecular complexity index is 1910. The number of aliphatic hydroxyl groups is 1. The molecule has 5 aromatic rings. The van der Waals surface area contributed by atoms with Crippen molar-refractivity contribution in [3.63, 3.8) is 0 Å². The summed E-state index contributed by atoms with van der Waals surface area (Å²) in [7, 11) is 0. The molecule has 0 amide bonds. The van der Waals surface area contributed by atoms with E-state index in [0.717, 1.165) is 6.07 Å². The van der Waals surface area contributed by atoms with Gasteiger partial charge in [-0.25, -0.2) is 0 Å². The van der Waals surface area contributed by atoms with Gasteiger partial charge < -0.3 is 50.0 Å². The molecule has 12 nitrogen and oxygen atoms in total.